The summed E-state index contributed by atoms with van der Waals surface area (Å²) in [6.45, 7) is 2.58. The molecule has 0 unspecified atom stereocenters. The van der Waals surface area contributed by atoms with Crippen molar-refractivity contribution in [1.82, 2.24) is 14.9 Å². The van der Waals surface area contributed by atoms with E-state index >= 15 is 0 Å². The van der Waals surface area contributed by atoms with Gasteiger partial charge < -0.3 is 14.6 Å². The Balaban J connectivity index is 1.46. The summed E-state index contributed by atoms with van der Waals surface area (Å²) in [5.41, 5.74) is 2.54. The Morgan fingerprint density at radius 1 is 1.14 bits per heavy atom. The average molecular weight is 388 g/mol. The largest absolute Gasteiger partial charge is 0.489 e. The van der Waals surface area contributed by atoms with Gasteiger partial charge in [-0.15, -0.1) is 0 Å². The number of carbonyl (C=O) groups is 1. The number of carbonyl (C=O) groups excluding carboxylic acids is 1. The number of hydrogen-bond donors (Lipinski definition) is 1. The molecule has 7 heteroatoms. The van der Waals surface area contributed by atoms with Crippen LogP contribution in [0.4, 0.5) is 5.69 Å². The number of benzene rings is 2. The molecule has 1 amide bonds. The molecule has 0 radical (unpaired) electrons. The number of rotatable bonds is 7. The predicted molar refractivity (Wildman–Crippen MR) is 108 cm³/mol. The smallest absolute Gasteiger partial charge is 0.278 e. The summed E-state index contributed by atoms with van der Waals surface area (Å²) in [5, 5.41) is 11.0. The molecule has 1 N–H and O–H groups in total. The molecule has 4 rings (SSSR count). The lowest BCUT2D eigenvalue weighted by molar-refractivity contribution is 0.101. The van der Waals surface area contributed by atoms with Crippen molar-refractivity contribution in [2.45, 2.75) is 20.1 Å². The Morgan fingerprint density at radius 3 is 2.79 bits per heavy atom. The molecule has 2 aromatic carbocycles. The quantitative estimate of drug-likeness (QED) is 0.516. The zero-order valence-corrected chi connectivity index (χ0v) is 15.9. The van der Waals surface area contributed by atoms with E-state index in [9.17, 15) is 4.79 Å². The Kier molecular flexibility index (Phi) is 5.38. The highest BCUT2D eigenvalue weighted by atomic mass is 16.5. The maximum absolute atomic E-state index is 12.8. The first-order valence-electron chi connectivity index (χ1n) is 9.20. The molecule has 4 aromatic rings. The monoisotopic (exact) mass is 388 g/mol. The van der Waals surface area contributed by atoms with Crippen LogP contribution in [-0.2, 0) is 13.2 Å². The molecule has 0 aliphatic heterocycles. The first-order valence-corrected chi connectivity index (χ1v) is 9.20. The molecule has 0 saturated carbocycles. The summed E-state index contributed by atoms with van der Waals surface area (Å²) < 4.78 is 12.8. The van der Waals surface area contributed by atoms with E-state index in [4.69, 9.17) is 9.26 Å². The van der Waals surface area contributed by atoms with Gasteiger partial charge in [-0.3, -0.25) is 9.48 Å². The van der Waals surface area contributed by atoms with Crippen LogP contribution in [0.1, 0.15) is 27.4 Å². The van der Waals surface area contributed by atoms with E-state index < -0.39 is 0 Å². The van der Waals surface area contributed by atoms with E-state index in [1.54, 1.807) is 13.1 Å². The molecular formula is C22H20N4O3. The fourth-order valence-electron chi connectivity index (χ4n) is 2.93. The van der Waals surface area contributed by atoms with Gasteiger partial charge in [0.15, 0.2) is 5.69 Å². The van der Waals surface area contributed by atoms with Crippen molar-refractivity contribution in [2.24, 2.45) is 0 Å². The fourth-order valence-corrected chi connectivity index (χ4v) is 2.93. The lowest BCUT2D eigenvalue weighted by atomic mass is 10.1. The second-order valence-electron chi connectivity index (χ2n) is 6.53. The normalized spacial score (nSPS) is 10.7. The molecule has 0 saturated heterocycles. The minimum atomic E-state index is -0.343. The summed E-state index contributed by atoms with van der Waals surface area (Å²) >= 11 is 0. The van der Waals surface area contributed by atoms with Gasteiger partial charge in [0.2, 0.25) is 0 Å². The van der Waals surface area contributed by atoms with Gasteiger partial charge in [-0.25, -0.2) is 0 Å². The van der Waals surface area contributed by atoms with E-state index in [-0.39, 0.29) is 18.2 Å². The third kappa shape index (κ3) is 4.52. The molecule has 2 heterocycles. The molecular weight excluding hydrogens is 368 g/mol. The van der Waals surface area contributed by atoms with Gasteiger partial charge in [-0.2, -0.15) is 5.10 Å². The van der Waals surface area contributed by atoms with Crippen molar-refractivity contribution < 1.29 is 14.1 Å². The van der Waals surface area contributed by atoms with Crippen molar-refractivity contribution >= 4 is 11.6 Å². The number of aromatic nitrogens is 3. The first kappa shape index (κ1) is 18.5. The number of ether oxygens (including phenoxy) is 1. The van der Waals surface area contributed by atoms with Crippen LogP contribution in [0.15, 0.2) is 77.6 Å². The molecule has 0 atom stereocenters. The molecule has 146 valence electrons. The predicted octanol–water partition coefficient (Wildman–Crippen LogP) is 4.06. The summed E-state index contributed by atoms with van der Waals surface area (Å²) in [7, 11) is 0. The number of hydrogen-bond acceptors (Lipinski definition) is 5. The van der Waals surface area contributed by atoms with E-state index in [2.05, 4.69) is 15.6 Å². The number of nitrogens with one attached hydrogen (secondary N) is 1. The molecule has 0 bridgehead atoms. The van der Waals surface area contributed by atoms with Gasteiger partial charge in [-0.1, -0.05) is 35.5 Å². The van der Waals surface area contributed by atoms with E-state index in [1.807, 2.05) is 71.5 Å². The minimum Gasteiger partial charge on any atom is -0.489 e. The lowest BCUT2D eigenvalue weighted by Crippen LogP contribution is -2.15. The highest BCUT2D eigenvalue weighted by molar-refractivity contribution is 6.03. The third-order valence-electron chi connectivity index (χ3n) is 4.41. The van der Waals surface area contributed by atoms with E-state index in [1.165, 1.54) is 0 Å². The van der Waals surface area contributed by atoms with Gasteiger partial charge in [0, 0.05) is 18.1 Å². The topological polar surface area (TPSA) is 82.2 Å². The number of anilines is 1. The Bertz CT molecular complexity index is 1090. The molecule has 0 fully saturated rings. The standard InChI is InChI=1S/C22H20N4O3/c1-16-20(15-28-19-9-3-2-4-10-19)21(25-29-16)22(27)24-18-8-5-7-17(13-18)14-26-12-6-11-23-26/h2-13H,14-15H2,1H3,(H,24,27). The first-order chi connectivity index (χ1) is 14.2. The van der Waals surface area contributed by atoms with Crippen molar-refractivity contribution in [3.8, 4) is 5.75 Å². The Hall–Kier alpha value is -3.87. The molecule has 0 spiro atoms. The highest BCUT2D eigenvalue weighted by Crippen LogP contribution is 2.19. The van der Waals surface area contributed by atoms with Crippen LogP contribution in [0, 0.1) is 6.92 Å². The SMILES string of the molecule is Cc1onc(C(=O)Nc2cccc(Cn3cccn3)c2)c1COc1ccccc1. The van der Waals surface area contributed by atoms with E-state index in [0.717, 1.165) is 5.56 Å². The van der Waals surface area contributed by atoms with Crippen LogP contribution in [-0.4, -0.2) is 20.8 Å². The van der Waals surface area contributed by atoms with Crippen molar-refractivity contribution in [2.75, 3.05) is 5.32 Å². The second kappa shape index (κ2) is 8.43. The van der Waals surface area contributed by atoms with Crippen LogP contribution in [0.5, 0.6) is 5.75 Å². The van der Waals surface area contributed by atoms with Crippen LogP contribution in [0.2, 0.25) is 0 Å². The fraction of sp³-hybridized carbons (Fsp3) is 0.136. The third-order valence-corrected chi connectivity index (χ3v) is 4.41. The Morgan fingerprint density at radius 2 is 2.00 bits per heavy atom. The van der Waals surface area contributed by atoms with Gasteiger partial charge in [0.25, 0.3) is 5.91 Å². The summed E-state index contributed by atoms with van der Waals surface area (Å²) in [5.74, 6) is 0.925. The number of aryl methyl sites for hydroxylation is 1. The van der Waals surface area contributed by atoms with Crippen LogP contribution in [0.25, 0.3) is 0 Å². The molecule has 0 aliphatic carbocycles. The van der Waals surface area contributed by atoms with Crippen LogP contribution >= 0.6 is 0 Å². The minimum absolute atomic E-state index is 0.196. The maximum atomic E-state index is 12.8. The molecule has 0 aliphatic rings. The summed E-state index contributed by atoms with van der Waals surface area (Å²) in [4.78, 5) is 12.8. The Labute approximate surface area is 167 Å². The zero-order valence-electron chi connectivity index (χ0n) is 15.9. The van der Waals surface area contributed by atoms with Crippen molar-refractivity contribution in [3.05, 3.63) is 95.6 Å². The second-order valence-corrected chi connectivity index (χ2v) is 6.53. The van der Waals surface area contributed by atoms with Gasteiger partial charge in [0.05, 0.1) is 12.1 Å². The number of nitrogens with zero attached hydrogens (tertiary/aromatic N) is 3. The summed E-state index contributed by atoms with van der Waals surface area (Å²) in [6.07, 6.45) is 3.63. The highest BCUT2D eigenvalue weighted by Gasteiger charge is 2.20. The molecule has 7 nitrogen and oxygen atoms in total. The molecule has 29 heavy (non-hydrogen) atoms. The van der Waals surface area contributed by atoms with E-state index in [0.29, 0.717) is 29.3 Å². The van der Waals surface area contributed by atoms with Crippen LogP contribution < -0.4 is 10.1 Å². The van der Waals surface area contributed by atoms with Gasteiger partial charge in [0.1, 0.15) is 18.1 Å². The maximum Gasteiger partial charge on any atom is 0.278 e. The summed E-state index contributed by atoms with van der Waals surface area (Å²) in [6, 6.07) is 18.9. The number of para-hydroxylation sites is 1. The van der Waals surface area contributed by atoms with Crippen molar-refractivity contribution in [3.63, 3.8) is 0 Å². The lowest BCUT2D eigenvalue weighted by Gasteiger charge is -2.09. The van der Waals surface area contributed by atoms with Crippen LogP contribution in [0.3, 0.4) is 0 Å². The van der Waals surface area contributed by atoms with Crippen molar-refractivity contribution in [1.29, 1.82) is 0 Å². The zero-order chi connectivity index (χ0) is 20.1. The van der Waals surface area contributed by atoms with Gasteiger partial charge in [-0.05, 0) is 42.8 Å². The van der Waals surface area contributed by atoms with Gasteiger partial charge >= 0.3 is 0 Å². The average Bonchev–Trinajstić information content (AvgIpc) is 3.37. The molecule has 2 aromatic heterocycles. The number of amides is 1.